The first-order valence-corrected chi connectivity index (χ1v) is 42.2. The van der Waals surface area contributed by atoms with E-state index in [1.807, 2.05) is 0 Å². The van der Waals surface area contributed by atoms with Gasteiger partial charge >= 0.3 is 37.9 Å². The fourth-order valence-corrected chi connectivity index (χ4v) is 21.0. The van der Waals surface area contributed by atoms with Crippen molar-refractivity contribution in [2.45, 2.75) is 92.2 Å². The molecule has 0 aromatic heterocycles. The number of hydrogen-bond acceptors (Lipinski definition) is 4. The van der Waals surface area contributed by atoms with Gasteiger partial charge in [0, 0.05) is 96.7 Å². The third-order valence-electron chi connectivity index (χ3n) is 19.2. The molecule has 0 saturated carbocycles. The number of allylic oxidation sites excluding steroid dienone is 12. The second-order valence-electron chi connectivity index (χ2n) is 26.3. The summed E-state index contributed by atoms with van der Waals surface area (Å²) in [7, 11) is 24.7. The molecule has 4 aliphatic carbocycles. The Kier molecular flexibility index (Phi) is 21.2. The first kappa shape index (κ1) is 67.2. The van der Waals surface area contributed by atoms with Crippen molar-refractivity contribution in [2.24, 2.45) is 0 Å². The molecule has 0 bridgehead atoms. The second-order valence-corrected chi connectivity index (χ2v) is 34.5. The van der Waals surface area contributed by atoms with E-state index in [0.29, 0.717) is 0 Å². The van der Waals surface area contributed by atoms with Crippen LogP contribution in [0.15, 0.2) is 170 Å². The van der Waals surface area contributed by atoms with Crippen LogP contribution in [0.2, 0.25) is 13.1 Å². The molecule has 0 fully saturated rings. The Hall–Kier alpha value is -6.70. The number of halogens is 2. The fourth-order valence-electron chi connectivity index (χ4n) is 15.3. The third-order valence-corrected chi connectivity index (χ3v) is 24.8. The third kappa shape index (κ3) is 13.6. The summed E-state index contributed by atoms with van der Waals surface area (Å²) < 4.78 is 0. The number of nitrogens with zero attached hydrogens (tertiary/aromatic N) is 4. The molecule has 8 aromatic carbocycles. The van der Waals surface area contributed by atoms with Crippen LogP contribution in [0.4, 0.5) is 22.7 Å². The van der Waals surface area contributed by atoms with Gasteiger partial charge in [-0.25, -0.2) is 0 Å². The number of aryl methyl sites for hydroxylation is 8. The second kappa shape index (κ2) is 28.7. The van der Waals surface area contributed by atoms with Gasteiger partial charge in [0.05, 0.1) is 0 Å². The molecular weight excluding hydrogens is 1260 g/mol. The van der Waals surface area contributed by atoms with Crippen molar-refractivity contribution >= 4 is 102 Å². The maximum absolute atomic E-state index is 4.93. The van der Waals surface area contributed by atoms with E-state index in [4.69, 9.17) is 17.0 Å². The van der Waals surface area contributed by atoms with Gasteiger partial charge < -0.3 is 19.6 Å². The standard InChI is InChI=1S/2C41H45N2Si.2ClH.Zr/c2*1-26-22-30(18-20-38(26)42(5)6)32-14-10-12-16-34-36(32)24-28(3)40(34)44(9)41-29(4)25-37-33(15-11-13-17-35(37)41)31-19-21-39(43(7)8)27(2)23-31;;;/h2*10-25,32-33H,1-9H3;2*1H;/q2*-2;;;+2/p-2. The van der Waals surface area contributed by atoms with Crippen molar-refractivity contribution in [1.29, 1.82) is 0 Å². The first-order chi connectivity index (χ1) is 43.5. The number of benzene rings is 4. The average molecular weight is 1350 g/mol. The van der Waals surface area contributed by atoms with Crippen LogP contribution in [0.3, 0.4) is 0 Å². The van der Waals surface area contributed by atoms with E-state index in [1.54, 1.807) is 20.7 Å². The van der Waals surface area contributed by atoms with Crippen LogP contribution in [-0.2, 0) is 20.8 Å². The van der Waals surface area contributed by atoms with Crippen molar-refractivity contribution in [3.63, 3.8) is 0 Å². The van der Waals surface area contributed by atoms with Crippen LogP contribution < -0.4 is 40.3 Å². The molecule has 0 aliphatic heterocycles. The normalized spacial score (nSPS) is 16.6. The van der Waals surface area contributed by atoms with E-state index in [9.17, 15) is 0 Å². The Balaban J connectivity index is 0.000000192. The number of anilines is 4. The summed E-state index contributed by atoms with van der Waals surface area (Å²) in [6.07, 6.45) is 36.9. The quantitative estimate of drug-likeness (QED) is 0.0893. The monoisotopic (exact) mass is 1350 g/mol. The van der Waals surface area contributed by atoms with Crippen LogP contribution in [0, 0.1) is 55.4 Å². The molecule has 2 radical (unpaired) electrons. The van der Waals surface area contributed by atoms with Crippen molar-refractivity contribution in [1.82, 2.24) is 0 Å². The maximum atomic E-state index is 4.93. The van der Waals surface area contributed by atoms with Gasteiger partial charge in [-0.2, -0.15) is 68.8 Å². The Morgan fingerprint density at radius 1 is 0.319 bits per heavy atom. The van der Waals surface area contributed by atoms with E-state index >= 15 is 0 Å². The fraction of sp³-hybridized carbons (Fsp3) is 0.268. The zero-order valence-corrected chi connectivity index (χ0v) is 62.8. The molecule has 4 unspecified atom stereocenters. The minimum atomic E-state index is -1.06. The van der Waals surface area contributed by atoms with Gasteiger partial charge in [0.1, 0.15) is 0 Å². The van der Waals surface area contributed by atoms with Crippen LogP contribution in [0.25, 0.3) is 24.3 Å². The van der Waals surface area contributed by atoms with Gasteiger partial charge in [-0.3, -0.25) is 0 Å². The summed E-state index contributed by atoms with van der Waals surface area (Å²) in [5.41, 5.74) is 33.0. The molecule has 8 aromatic rings. The Morgan fingerprint density at radius 3 is 0.692 bits per heavy atom. The van der Waals surface area contributed by atoms with E-state index in [-0.39, 0.29) is 23.7 Å². The van der Waals surface area contributed by atoms with Gasteiger partial charge in [0.25, 0.3) is 0 Å². The van der Waals surface area contributed by atoms with Crippen LogP contribution in [0.5, 0.6) is 0 Å². The molecule has 0 heterocycles. The molecule has 12 rings (SSSR count). The Labute approximate surface area is 568 Å². The van der Waals surface area contributed by atoms with Gasteiger partial charge in [-0.05, 0) is 120 Å². The molecule has 0 N–H and O–H groups in total. The van der Waals surface area contributed by atoms with Crippen LogP contribution >= 0.6 is 17.0 Å². The molecule has 91 heavy (non-hydrogen) atoms. The molecule has 4 aliphatic rings. The van der Waals surface area contributed by atoms with Crippen molar-refractivity contribution in [3.05, 3.63) is 281 Å². The average Bonchev–Trinajstić information content (AvgIpc) is 1.70. The molecular formula is C82H90Cl2N4Si2Zr-4. The summed E-state index contributed by atoms with van der Waals surface area (Å²) in [5.74, 6) is 0.988. The van der Waals surface area contributed by atoms with Crippen molar-refractivity contribution in [3.8, 4) is 0 Å². The zero-order chi connectivity index (χ0) is 65.3. The predicted molar refractivity (Wildman–Crippen MR) is 403 cm³/mol. The topological polar surface area (TPSA) is 13.0 Å². The predicted octanol–water partition coefficient (Wildman–Crippen LogP) is 17.7. The number of hydrogen-bond donors (Lipinski definition) is 0. The van der Waals surface area contributed by atoms with Gasteiger partial charge in [0.15, 0.2) is 0 Å². The first-order valence-electron chi connectivity index (χ1n) is 31.9. The van der Waals surface area contributed by atoms with E-state index in [0.717, 1.165) is 0 Å². The van der Waals surface area contributed by atoms with Crippen molar-refractivity contribution in [2.75, 3.05) is 76.0 Å². The molecule has 4 atom stereocenters. The van der Waals surface area contributed by atoms with E-state index in [2.05, 4.69) is 339 Å². The van der Waals surface area contributed by atoms with E-state index < -0.39 is 38.4 Å². The Bertz CT molecular complexity index is 3710. The number of fused-ring (bicyclic) bond motifs is 4. The summed E-state index contributed by atoms with van der Waals surface area (Å²) >= 11 is -0.826. The summed E-state index contributed by atoms with van der Waals surface area (Å²) in [5, 5.41) is 6.23. The van der Waals surface area contributed by atoms with Gasteiger partial charge in [0.2, 0.25) is 0 Å². The number of rotatable bonds is 12. The van der Waals surface area contributed by atoms with Gasteiger partial charge in [-0.15, -0.1) is 91.6 Å². The molecule has 468 valence electrons. The molecule has 4 nitrogen and oxygen atoms in total. The molecule has 0 spiro atoms. The summed E-state index contributed by atoms with van der Waals surface area (Å²) in [6.45, 7) is 23.3. The molecule has 0 amide bonds. The molecule has 9 heteroatoms. The van der Waals surface area contributed by atoms with Gasteiger partial charge in [-0.1, -0.05) is 138 Å². The summed E-state index contributed by atoms with van der Waals surface area (Å²) in [4.78, 5) is 8.80. The Morgan fingerprint density at radius 2 is 0.516 bits per heavy atom. The minimum absolute atomic E-state index is 0.247. The van der Waals surface area contributed by atoms with Crippen molar-refractivity contribution < 1.29 is 20.8 Å². The SMILES string of the molecule is Cc1cc(C2C=CC=Cc3c2cc(C)[c-]3[Si](C)[c-]2c(C)cc3c2C=CC=CC3c2ccc(N(C)C)c(C)c2)ccc1N(C)C.Cc1cc(C2C=CC=Cc3c2cc(C)[c-]3[Si](C)[c-]2c(C)cc3c2C=CC=CC3c2ccc(N(C)C)c(C)c2)ccc1N(C)C.[Cl][Zr][Cl]. The van der Waals surface area contributed by atoms with E-state index in [1.165, 1.54) is 134 Å². The molecule has 0 saturated heterocycles. The summed E-state index contributed by atoms with van der Waals surface area (Å²) in [6, 6.07) is 37.8. The zero-order valence-electron chi connectivity index (χ0n) is 56.8. The van der Waals surface area contributed by atoms with Crippen LogP contribution in [0.1, 0.15) is 135 Å². The van der Waals surface area contributed by atoms with Crippen LogP contribution in [-0.4, -0.2) is 74.0 Å².